The average Bonchev–Trinajstić information content (AvgIpc) is 2.58. The third kappa shape index (κ3) is 1.41. The molecule has 1 spiro atoms. The number of rotatable bonds is 0. The van der Waals surface area contributed by atoms with E-state index in [1.807, 2.05) is 0 Å². The van der Waals surface area contributed by atoms with Gasteiger partial charge in [0, 0.05) is 24.9 Å². The maximum Gasteiger partial charge on any atom is 0.0701 e. The number of nitrogens with zero attached hydrogens (tertiary/aromatic N) is 1. The Hall–Kier alpha value is 0.270. The quantitative estimate of drug-likeness (QED) is 0.655. The minimum atomic E-state index is 0.469. The highest BCUT2D eigenvalue weighted by Gasteiger charge is 2.48. The molecule has 2 bridgehead atoms. The van der Waals surface area contributed by atoms with Crippen molar-refractivity contribution in [3.05, 3.63) is 0 Å². The highest BCUT2D eigenvalue weighted by molar-refractivity contribution is 8.00. The van der Waals surface area contributed by atoms with E-state index in [1.165, 1.54) is 44.6 Å². The fourth-order valence-corrected chi connectivity index (χ4v) is 4.90. The smallest absolute Gasteiger partial charge is 0.0701 e. The van der Waals surface area contributed by atoms with Crippen LogP contribution in [0, 0.1) is 5.92 Å². The summed E-state index contributed by atoms with van der Waals surface area (Å²) < 4.78 is 0. The number of hydrogen-bond acceptors (Lipinski definition) is 3. The molecule has 3 heterocycles. The topological polar surface area (TPSA) is 15.3 Å². The molecule has 1 N–H and O–H groups in total. The van der Waals surface area contributed by atoms with Gasteiger partial charge in [0.2, 0.25) is 0 Å². The first-order valence-electron chi connectivity index (χ1n) is 5.92. The van der Waals surface area contributed by atoms with Crippen LogP contribution >= 0.6 is 11.8 Å². The standard InChI is InChI=1S/C11H20N2S/c1-9-8-14-11(12-9)4-6-13-5-2-3-10(11)7-13/h9-10,12H,2-8H2,1H3. The van der Waals surface area contributed by atoms with Gasteiger partial charge in [0.25, 0.3) is 0 Å². The Morgan fingerprint density at radius 1 is 1.43 bits per heavy atom. The summed E-state index contributed by atoms with van der Waals surface area (Å²) in [5, 5.41) is 3.86. The van der Waals surface area contributed by atoms with Gasteiger partial charge in [0.05, 0.1) is 4.87 Å². The molecule has 3 rings (SSSR count). The van der Waals surface area contributed by atoms with E-state index in [2.05, 4.69) is 28.9 Å². The summed E-state index contributed by atoms with van der Waals surface area (Å²) >= 11 is 2.20. The molecular weight excluding hydrogens is 192 g/mol. The predicted octanol–water partition coefficient (Wildman–Crippen LogP) is 1.52. The largest absolute Gasteiger partial charge is 0.303 e. The van der Waals surface area contributed by atoms with Crippen LogP contribution in [-0.4, -0.2) is 41.2 Å². The molecule has 0 aromatic carbocycles. The second-order valence-electron chi connectivity index (χ2n) is 5.14. The minimum Gasteiger partial charge on any atom is -0.303 e. The van der Waals surface area contributed by atoms with Crippen molar-refractivity contribution in [2.45, 2.75) is 37.1 Å². The third-order valence-electron chi connectivity index (χ3n) is 4.05. The Morgan fingerprint density at radius 2 is 2.36 bits per heavy atom. The van der Waals surface area contributed by atoms with Crippen molar-refractivity contribution in [2.75, 3.05) is 25.4 Å². The summed E-state index contributed by atoms with van der Waals surface area (Å²) in [6.07, 6.45) is 4.24. The van der Waals surface area contributed by atoms with Crippen LogP contribution in [0.2, 0.25) is 0 Å². The van der Waals surface area contributed by atoms with E-state index in [-0.39, 0.29) is 0 Å². The van der Waals surface area contributed by atoms with Crippen molar-refractivity contribution < 1.29 is 0 Å². The summed E-state index contributed by atoms with van der Waals surface area (Å²) in [5.74, 6) is 2.23. The van der Waals surface area contributed by atoms with Gasteiger partial charge < -0.3 is 4.90 Å². The van der Waals surface area contributed by atoms with Crippen molar-refractivity contribution in [3.63, 3.8) is 0 Å². The summed E-state index contributed by atoms with van der Waals surface area (Å²) in [6.45, 7) is 6.36. The Kier molecular flexibility index (Phi) is 2.30. The van der Waals surface area contributed by atoms with E-state index in [0.29, 0.717) is 4.87 Å². The van der Waals surface area contributed by atoms with Crippen LogP contribution in [0.1, 0.15) is 26.2 Å². The third-order valence-corrected chi connectivity index (χ3v) is 5.88. The summed E-state index contributed by atoms with van der Waals surface area (Å²) in [5.41, 5.74) is 0. The molecule has 3 fully saturated rings. The molecule has 0 aliphatic carbocycles. The first kappa shape index (κ1) is 9.49. The van der Waals surface area contributed by atoms with Crippen LogP contribution in [0.5, 0.6) is 0 Å². The number of nitrogens with one attached hydrogen (secondary N) is 1. The van der Waals surface area contributed by atoms with Crippen molar-refractivity contribution in [2.24, 2.45) is 5.92 Å². The summed E-state index contributed by atoms with van der Waals surface area (Å²) in [7, 11) is 0. The Morgan fingerprint density at radius 3 is 3.14 bits per heavy atom. The molecule has 3 aliphatic heterocycles. The number of hydrogen-bond donors (Lipinski definition) is 1. The molecule has 80 valence electrons. The molecule has 3 saturated heterocycles. The first-order valence-corrected chi connectivity index (χ1v) is 6.91. The van der Waals surface area contributed by atoms with Crippen molar-refractivity contribution in [1.29, 1.82) is 0 Å². The number of piperidine rings is 2. The van der Waals surface area contributed by atoms with Crippen molar-refractivity contribution >= 4 is 11.8 Å². The van der Waals surface area contributed by atoms with Crippen LogP contribution in [0.4, 0.5) is 0 Å². The van der Waals surface area contributed by atoms with Crippen LogP contribution in [0.3, 0.4) is 0 Å². The maximum atomic E-state index is 3.86. The fraction of sp³-hybridized carbons (Fsp3) is 1.00. The van der Waals surface area contributed by atoms with Gasteiger partial charge in [-0.05, 0) is 38.6 Å². The summed E-state index contributed by atoms with van der Waals surface area (Å²) in [6, 6.07) is 0.730. The molecule has 0 radical (unpaired) electrons. The second-order valence-corrected chi connectivity index (χ2v) is 6.49. The lowest BCUT2D eigenvalue weighted by atomic mass is 9.84. The van der Waals surface area contributed by atoms with Crippen molar-refractivity contribution in [3.8, 4) is 0 Å². The Bertz CT molecular complexity index is 233. The molecule has 4 atom stereocenters. The lowest BCUT2D eigenvalue weighted by molar-refractivity contribution is 0.0778. The fourth-order valence-electron chi connectivity index (χ4n) is 3.32. The molecule has 0 saturated carbocycles. The molecule has 0 aromatic heterocycles. The molecule has 4 unspecified atom stereocenters. The summed E-state index contributed by atoms with van der Waals surface area (Å²) in [4.78, 5) is 3.13. The number of thioether (sulfide) groups is 1. The van der Waals surface area contributed by atoms with E-state index in [4.69, 9.17) is 0 Å². The highest BCUT2D eigenvalue weighted by atomic mass is 32.2. The van der Waals surface area contributed by atoms with E-state index in [9.17, 15) is 0 Å². The zero-order valence-electron chi connectivity index (χ0n) is 8.96. The molecule has 0 amide bonds. The molecule has 3 aliphatic rings. The first-order chi connectivity index (χ1) is 6.78. The lowest BCUT2D eigenvalue weighted by Gasteiger charge is -2.49. The molecule has 0 aromatic rings. The Balaban J connectivity index is 1.79. The Labute approximate surface area is 90.8 Å². The molecule has 3 heteroatoms. The van der Waals surface area contributed by atoms with Gasteiger partial charge >= 0.3 is 0 Å². The molecular formula is C11H20N2S. The zero-order valence-corrected chi connectivity index (χ0v) is 9.78. The van der Waals surface area contributed by atoms with Gasteiger partial charge in [-0.1, -0.05) is 0 Å². The van der Waals surface area contributed by atoms with Gasteiger partial charge in [-0.15, -0.1) is 11.8 Å². The number of fused-ring (bicyclic) bond motifs is 3. The van der Waals surface area contributed by atoms with E-state index >= 15 is 0 Å². The van der Waals surface area contributed by atoms with Gasteiger partial charge in [0.1, 0.15) is 0 Å². The molecule has 2 nitrogen and oxygen atoms in total. The monoisotopic (exact) mass is 212 g/mol. The van der Waals surface area contributed by atoms with Crippen LogP contribution < -0.4 is 5.32 Å². The predicted molar refractivity (Wildman–Crippen MR) is 61.6 cm³/mol. The minimum absolute atomic E-state index is 0.469. The SMILES string of the molecule is CC1CSC2(CCN3CCCC2C3)N1. The average molecular weight is 212 g/mol. The maximum absolute atomic E-state index is 3.86. The van der Waals surface area contributed by atoms with Gasteiger partial charge in [-0.2, -0.15) is 0 Å². The van der Waals surface area contributed by atoms with Gasteiger partial charge in [-0.3, -0.25) is 5.32 Å². The van der Waals surface area contributed by atoms with Crippen LogP contribution in [-0.2, 0) is 0 Å². The van der Waals surface area contributed by atoms with E-state index in [0.717, 1.165) is 12.0 Å². The lowest BCUT2D eigenvalue weighted by Crippen LogP contribution is -2.58. The normalized spacial score (nSPS) is 52.5. The zero-order chi connectivity index (χ0) is 9.60. The second kappa shape index (κ2) is 3.39. The van der Waals surface area contributed by atoms with E-state index < -0.39 is 0 Å². The highest BCUT2D eigenvalue weighted by Crippen LogP contribution is 2.45. The van der Waals surface area contributed by atoms with Gasteiger partial charge in [-0.25, -0.2) is 0 Å². The molecule has 14 heavy (non-hydrogen) atoms. The van der Waals surface area contributed by atoms with Crippen molar-refractivity contribution in [1.82, 2.24) is 10.2 Å². The van der Waals surface area contributed by atoms with Crippen LogP contribution in [0.15, 0.2) is 0 Å². The van der Waals surface area contributed by atoms with E-state index in [1.54, 1.807) is 0 Å². The van der Waals surface area contributed by atoms with Crippen LogP contribution in [0.25, 0.3) is 0 Å². The van der Waals surface area contributed by atoms with Gasteiger partial charge in [0.15, 0.2) is 0 Å².